The van der Waals surface area contributed by atoms with Crippen LogP contribution < -0.4 is 5.32 Å². The normalized spacial score (nSPS) is 10.7. The summed E-state index contributed by atoms with van der Waals surface area (Å²) in [6.45, 7) is 0.469. The van der Waals surface area contributed by atoms with Gasteiger partial charge in [0.2, 0.25) is 6.39 Å². The van der Waals surface area contributed by atoms with Crippen molar-refractivity contribution in [1.29, 1.82) is 0 Å². The Hall–Kier alpha value is -2.21. The molecule has 1 N–H and O–H groups in total. The SMILES string of the molecule is O=C(NCCc1ncon1)c1ccc2cc(Br)ccc2c1. The largest absolute Gasteiger partial charge is 0.352 e. The molecule has 5 nitrogen and oxygen atoms in total. The second kappa shape index (κ2) is 6.05. The standard InChI is InChI=1S/C15H12BrN3O2/c16-13-4-3-10-7-12(2-1-11(10)8-13)15(20)17-6-5-14-18-9-21-19-14/h1-4,7-9H,5-6H2,(H,17,20). The number of rotatable bonds is 4. The van der Waals surface area contributed by atoms with E-state index >= 15 is 0 Å². The molecule has 0 saturated carbocycles. The predicted molar refractivity (Wildman–Crippen MR) is 82.0 cm³/mol. The Morgan fingerprint density at radius 2 is 2.00 bits per heavy atom. The van der Waals surface area contributed by atoms with Crippen molar-refractivity contribution in [3.05, 3.63) is 58.7 Å². The van der Waals surface area contributed by atoms with Gasteiger partial charge < -0.3 is 9.84 Å². The number of nitrogens with one attached hydrogen (secondary N) is 1. The van der Waals surface area contributed by atoms with E-state index in [9.17, 15) is 4.79 Å². The van der Waals surface area contributed by atoms with Crippen molar-refractivity contribution < 1.29 is 9.32 Å². The van der Waals surface area contributed by atoms with Crippen LogP contribution in [0.3, 0.4) is 0 Å². The van der Waals surface area contributed by atoms with Crippen LogP contribution in [0.4, 0.5) is 0 Å². The summed E-state index contributed by atoms with van der Waals surface area (Å²) in [5.74, 6) is 0.474. The van der Waals surface area contributed by atoms with Crippen LogP contribution in [0, 0.1) is 0 Å². The first-order chi connectivity index (χ1) is 10.2. The number of hydrogen-bond acceptors (Lipinski definition) is 4. The maximum atomic E-state index is 12.1. The first-order valence-corrected chi connectivity index (χ1v) is 7.24. The lowest BCUT2D eigenvalue weighted by Gasteiger charge is -2.05. The number of fused-ring (bicyclic) bond motifs is 1. The van der Waals surface area contributed by atoms with Gasteiger partial charge in [0, 0.05) is 23.0 Å². The van der Waals surface area contributed by atoms with Crippen molar-refractivity contribution in [3.63, 3.8) is 0 Å². The van der Waals surface area contributed by atoms with Gasteiger partial charge >= 0.3 is 0 Å². The number of hydrogen-bond donors (Lipinski definition) is 1. The highest BCUT2D eigenvalue weighted by Gasteiger charge is 2.07. The molecule has 0 aliphatic rings. The second-order valence-corrected chi connectivity index (χ2v) is 5.48. The minimum atomic E-state index is -0.108. The van der Waals surface area contributed by atoms with Crippen molar-refractivity contribution in [2.24, 2.45) is 0 Å². The van der Waals surface area contributed by atoms with E-state index < -0.39 is 0 Å². The van der Waals surface area contributed by atoms with Crippen molar-refractivity contribution >= 4 is 32.6 Å². The van der Waals surface area contributed by atoms with Gasteiger partial charge in [0.15, 0.2) is 5.82 Å². The topological polar surface area (TPSA) is 68.0 Å². The second-order valence-electron chi connectivity index (χ2n) is 4.56. The van der Waals surface area contributed by atoms with Gasteiger partial charge in [-0.15, -0.1) is 0 Å². The fraction of sp³-hybridized carbons (Fsp3) is 0.133. The molecule has 0 aliphatic carbocycles. The smallest absolute Gasteiger partial charge is 0.251 e. The molecule has 0 radical (unpaired) electrons. The van der Waals surface area contributed by atoms with E-state index in [1.807, 2.05) is 36.4 Å². The van der Waals surface area contributed by atoms with Gasteiger partial charge in [-0.25, -0.2) is 0 Å². The average molecular weight is 346 g/mol. The summed E-state index contributed by atoms with van der Waals surface area (Å²) in [4.78, 5) is 16.0. The third-order valence-electron chi connectivity index (χ3n) is 3.11. The lowest BCUT2D eigenvalue weighted by molar-refractivity contribution is 0.0954. The van der Waals surface area contributed by atoms with E-state index in [1.165, 1.54) is 6.39 Å². The zero-order valence-corrected chi connectivity index (χ0v) is 12.6. The van der Waals surface area contributed by atoms with Gasteiger partial charge in [-0.3, -0.25) is 4.79 Å². The molecule has 3 aromatic rings. The van der Waals surface area contributed by atoms with Crippen LogP contribution in [0.2, 0.25) is 0 Å². The number of carbonyl (C=O) groups excluding carboxylic acids is 1. The fourth-order valence-corrected chi connectivity index (χ4v) is 2.43. The minimum Gasteiger partial charge on any atom is -0.352 e. The molecule has 21 heavy (non-hydrogen) atoms. The van der Waals surface area contributed by atoms with Gasteiger partial charge in [-0.05, 0) is 35.0 Å². The molecule has 106 valence electrons. The summed E-state index contributed by atoms with van der Waals surface area (Å²) in [5.41, 5.74) is 0.637. The molecule has 2 aromatic carbocycles. The quantitative estimate of drug-likeness (QED) is 0.789. The molecule has 3 rings (SSSR count). The Kier molecular flexibility index (Phi) is 3.96. The first-order valence-electron chi connectivity index (χ1n) is 6.45. The van der Waals surface area contributed by atoms with E-state index in [0.717, 1.165) is 15.2 Å². The van der Waals surface area contributed by atoms with Crippen LogP contribution in [-0.4, -0.2) is 22.6 Å². The van der Waals surface area contributed by atoms with Crippen LogP contribution >= 0.6 is 15.9 Å². The zero-order valence-electron chi connectivity index (χ0n) is 11.0. The Morgan fingerprint density at radius 3 is 2.81 bits per heavy atom. The Balaban J connectivity index is 1.68. The molecular weight excluding hydrogens is 334 g/mol. The molecule has 1 heterocycles. The van der Waals surface area contributed by atoms with Crippen LogP contribution in [-0.2, 0) is 6.42 Å². The first kappa shape index (κ1) is 13.8. The highest BCUT2D eigenvalue weighted by molar-refractivity contribution is 9.10. The van der Waals surface area contributed by atoms with Crippen LogP contribution in [0.5, 0.6) is 0 Å². The van der Waals surface area contributed by atoms with Crippen molar-refractivity contribution in [1.82, 2.24) is 15.5 Å². The lowest BCUT2D eigenvalue weighted by atomic mass is 10.1. The highest BCUT2D eigenvalue weighted by Crippen LogP contribution is 2.20. The summed E-state index contributed by atoms with van der Waals surface area (Å²) in [7, 11) is 0. The number of halogens is 1. The number of amides is 1. The van der Waals surface area contributed by atoms with E-state index in [2.05, 4.69) is 35.9 Å². The number of aromatic nitrogens is 2. The maximum Gasteiger partial charge on any atom is 0.251 e. The van der Waals surface area contributed by atoms with Gasteiger partial charge in [0.25, 0.3) is 5.91 Å². The molecule has 0 saturated heterocycles. The Morgan fingerprint density at radius 1 is 1.19 bits per heavy atom. The van der Waals surface area contributed by atoms with E-state index in [4.69, 9.17) is 0 Å². The van der Waals surface area contributed by atoms with Crippen LogP contribution in [0.15, 0.2) is 51.8 Å². The summed E-state index contributed by atoms with van der Waals surface area (Å²) >= 11 is 3.43. The third kappa shape index (κ3) is 3.28. The van der Waals surface area contributed by atoms with Crippen molar-refractivity contribution in [2.75, 3.05) is 6.54 Å². The average Bonchev–Trinajstić information content (AvgIpc) is 3.00. The van der Waals surface area contributed by atoms with Crippen molar-refractivity contribution in [2.45, 2.75) is 6.42 Å². The molecule has 0 bridgehead atoms. The molecule has 0 fully saturated rings. The molecule has 6 heteroatoms. The Bertz CT molecular complexity index is 772. The summed E-state index contributed by atoms with van der Waals surface area (Å²) in [6, 6.07) is 11.6. The summed E-state index contributed by atoms with van der Waals surface area (Å²) in [5, 5.41) is 8.66. The van der Waals surface area contributed by atoms with E-state index in [-0.39, 0.29) is 5.91 Å². The monoisotopic (exact) mass is 345 g/mol. The molecule has 0 unspecified atom stereocenters. The molecule has 0 aliphatic heterocycles. The van der Waals surface area contributed by atoms with Crippen LogP contribution in [0.1, 0.15) is 16.2 Å². The minimum absolute atomic E-state index is 0.108. The van der Waals surface area contributed by atoms with Gasteiger partial charge in [0.05, 0.1) is 0 Å². The van der Waals surface area contributed by atoms with E-state index in [1.54, 1.807) is 0 Å². The predicted octanol–water partition coefficient (Wildman–Crippen LogP) is 2.96. The summed E-state index contributed by atoms with van der Waals surface area (Å²) in [6.07, 6.45) is 1.82. The zero-order chi connectivity index (χ0) is 14.7. The maximum absolute atomic E-state index is 12.1. The molecular formula is C15H12BrN3O2. The fourth-order valence-electron chi connectivity index (χ4n) is 2.05. The number of carbonyl (C=O) groups is 1. The van der Waals surface area contributed by atoms with Gasteiger partial charge in [-0.2, -0.15) is 4.98 Å². The molecule has 0 atom stereocenters. The highest BCUT2D eigenvalue weighted by atomic mass is 79.9. The molecule has 0 spiro atoms. The Labute approximate surface area is 129 Å². The van der Waals surface area contributed by atoms with Crippen molar-refractivity contribution in [3.8, 4) is 0 Å². The number of benzene rings is 2. The molecule has 1 amide bonds. The summed E-state index contributed by atoms with van der Waals surface area (Å²) < 4.78 is 5.66. The van der Waals surface area contributed by atoms with Gasteiger partial charge in [0.1, 0.15) is 0 Å². The van der Waals surface area contributed by atoms with E-state index in [0.29, 0.717) is 24.4 Å². The third-order valence-corrected chi connectivity index (χ3v) is 3.60. The number of nitrogens with zero attached hydrogens (tertiary/aromatic N) is 2. The molecule has 1 aromatic heterocycles. The van der Waals surface area contributed by atoms with Crippen LogP contribution in [0.25, 0.3) is 10.8 Å². The van der Waals surface area contributed by atoms with Gasteiger partial charge in [-0.1, -0.05) is 33.2 Å². The lowest BCUT2D eigenvalue weighted by Crippen LogP contribution is -2.25.